The number of likely N-dealkylation sites (tertiary alicyclic amines) is 1. The van der Waals surface area contributed by atoms with Gasteiger partial charge in [-0.3, -0.25) is 14.4 Å². The van der Waals surface area contributed by atoms with Crippen molar-refractivity contribution in [1.29, 1.82) is 0 Å². The van der Waals surface area contributed by atoms with Crippen molar-refractivity contribution >= 4 is 44.6 Å². The first-order valence-electron chi connectivity index (χ1n) is 9.58. The van der Waals surface area contributed by atoms with Gasteiger partial charge in [0.05, 0.1) is 17.9 Å². The number of amides is 2. The van der Waals surface area contributed by atoms with E-state index in [1.54, 1.807) is 17.0 Å². The van der Waals surface area contributed by atoms with Crippen LogP contribution in [0.4, 0.5) is 0 Å². The summed E-state index contributed by atoms with van der Waals surface area (Å²) in [5, 5.41) is 12.3. The lowest BCUT2D eigenvalue weighted by Gasteiger charge is -2.37. The third-order valence-electron chi connectivity index (χ3n) is 5.39. The van der Waals surface area contributed by atoms with E-state index in [1.807, 2.05) is 0 Å². The number of phenolic OH excluding ortho intramolecular Hbond substituents is 1. The molecule has 0 spiro atoms. The zero-order valence-electron chi connectivity index (χ0n) is 16.7. The summed E-state index contributed by atoms with van der Waals surface area (Å²) in [4.78, 5) is 39.8. The third kappa shape index (κ3) is 5.87. The summed E-state index contributed by atoms with van der Waals surface area (Å²) in [6.45, 7) is 0.464. The maximum atomic E-state index is 13.4. The van der Waals surface area contributed by atoms with Crippen molar-refractivity contribution < 1.29 is 28.6 Å². The topological polar surface area (TPSA) is 109 Å². The highest BCUT2D eigenvalue weighted by atomic mass is 32.1. The number of furan rings is 1. The number of ether oxygens (including phenoxy) is 1. The van der Waals surface area contributed by atoms with E-state index >= 15 is 0 Å². The summed E-state index contributed by atoms with van der Waals surface area (Å²) >= 11 is 0. The minimum absolute atomic E-state index is 0. The van der Waals surface area contributed by atoms with Crippen LogP contribution in [0.1, 0.15) is 36.2 Å². The molecule has 2 aliphatic rings. The molecule has 176 valence electrons. The van der Waals surface area contributed by atoms with Crippen LogP contribution in [-0.2, 0) is 20.7 Å². The molecule has 10 heteroatoms. The number of carbonyl (C=O) groups excluding carboxylic acids is 3. The number of phenols is 1. The fourth-order valence-corrected chi connectivity index (χ4v) is 3.94. The van der Waals surface area contributed by atoms with Crippen molar-refractivity contribution in [2.75, 3.05) is 13.2 Å². The molecule has 2 aromatic rings. The lowest BCUT2D eigenvalue weighted by molar-refractivity contribution is -0.142. The molecule has 8 nitrogen and oxygen atoms in total. The van der Waals surface area contributed by atoms with Crippen LogP contribution >= 0.6 is 27.0 Å². The van der Waals surface area contributed by atoms with Crippen molar-refractivity contribution in [1.82, 2.24) is 10.2 Å². The Balaban J connectivity index is 0.00000171. The van der Waals surface area contributed by atoms with Crippen LogP contribution in [0.2, 0.25) is 0 Å². The molecule has 0 radical (unpaired) electrons. The Hall–Kier alpha value is -2.43. The average Bonchev–Trinajstić information content (AvgIpc) is 3.39. The highest BCUT2D eigenvalue weighted by Crippen LogP contribution is 2.27. The molecule has 0 aliphatic carbocycles. The minimum atomic E-state index is -0.867. The molecular formula is C22H30N2O6S2. The number of Topliss-reactive ketones (excluding diaryl/α,β-unsaturated/α-hetero) is 1. The molecule has 2 N–H and O–H groups in total. The van der Waals surface area contributed by atoms with E-state index in [4.69, 9.17) is 9.15 Å². The van der Waals surface area contributed by atoms with Crippen LogP contribution in [0.5, 0.6) is 5.75 Å². The SMILES string of the molecule is C.O=C(N[C@@H](Cc1ccc(O)cc1)C(=O)N1CCC[C@H]2OCC(=O)[C@H]21)c1ccoc1.S.S. The van der Waals surface area contributed by atoms with Gasteiger partial charge in [-0.05, 0) is 36.6 Å². The van der Waals surface area contributed by atoms with Crippen molar-refractivity contribution in [3.8, 4) is 5.75 Å². The number of piperidine rings is 1. The number of aromatic hydroxyl groups is 1. The summed E-state index contributed by atoms with van der Waals surface area (Å²) in [6.07, 6.45) is 4.12. The first kappa shape index (κ1) is 27.6. The average molecular weight is 483 g/mol. The Morgan fingerprint density at radius 3 is 2.56 bits per heavy atom. The first-order chi connectivity index (χ1) is 14.0. The predicted octanol–water partition coefficient (Wildman–Crippen LogP) is 2.15. The van der Waals surface area contributed by atoms with E-state index in [2.05, 4.69) is 5.32 Å². The van der Waals surface area contributed by atoms with E-state index in [-0.39, 0.29) is 71.0 Å². The second-order valence-corrected chi connectivity index (χ2v) is 7.34. The molecule has 32 heavy (non-hydrogen) atoms. The fourth-order valence-electron chi connectivity index (χ4n) is 3.94. The largest absolute Gasteiger partial charge is 0.508 e. The lowest BCUT2D eigenvalue weighted by Crippen LogP contribution is -2.58. The van der Waals surface area contributed by atoms with Crippen molar-refractivity contribution in [2.24, 2.45) is 0 Å². The highest BCUT2D eigenvalue weighted by Gasteiger charge is 2.45. The standard InChI is InChI=1S/C21H22N2O6.CH4.2H2S/c24-15-5-3-13(4-6-15)10-16(22-20(26)14-7-9-28-11-14)21(27)23-8-1-2-18-19(23)17(25)12-29-18;;;/h3-7,9,11,16,18-19,24H,1-2,8,10,12H2,(H,22,26);1H4;2*1H2/t16-,18+,19+;;;/m0.../s1. The predicted molar refractivity (Wildman–Crippen MR) is 129 cm³/mol. The fraction of sp³-hybridized carbons (Fsp3) is 0.409. The first-order valence-corrected chi connectivity index (χ1v) is 9.58. The molecule has 1 aromatic heterocycles. The van der Waals surface area contributed by atoms with Gasteiger partial charge in [-0.25, -0.2) is 0 Å². The second kappa shape index (κ2) is 12.0. The van der Waals surface area contributed by atoms with Gasteiger partial charge in [0.2, 0.25) is 5.91 Å². The van der Waals surface area contributed by atoms with Crippen LogP contribution in [0.3, 0.4) is 0 Å². The Morgan fingerprint density at radius 2 is 1.91 bits per heavy atom. The van der Waals surface area contributed by atoms with Gasteiger partial charge in [0, 0.05) is 13.0 Å². The Bertz CT molecular complexity index is 904. The van der Waals surface area contributed by atoms with E-state index in [0.29, 0.717) is 12.1 Å². The van der Waals surface area contributed by atoms with Crippen LogP contribution in [0, 0.1) is 0 Å². The maximum Gasteiger partial charge on any atom is 0.255 e. The number of hydrogen-bond acceptors (Lipinski definition) is 6. The van der Waals surface area contributed by atoms with Gasteiger partial charge >= 0.3 is 0 Å². The van der Waals surface area contributed by atoms with E-state index in [9.17, 15) is 19.5 Å². The molecule has 2 amide bonds. The molecule has 0 unspecified atom stereocenters. The smallest absolute Gasteiger partial charge is 0.255 e. The summed E-state index contributed by atoms with van der Waals surface area (Å²) in [5.74, 6) is -0.735. The number of hydrogen-bond donors (Lipinski definition) is 2. The number of nitrogens with zero attached hydrogens (tertiary/aromatic N) is 1. The van der Waals surface area contributed by atoms with Gasteiger partial charge in [0.1, 0.15) is 30.7 Å². The Morgan fingerprint density at radius 1 is 1.19 bits per heavy atom. The summed E-state index contributed by atoms with van der Waals surface area (Å²) in [5.41, 5.74) is 1.08. The van der Waals surface area contributed by atoms with Gasteiger partial charge in [0.15, 0.2) is 5.78 Å². The molecule has 0 bridgehead atoms. The second-order valence-electron chi connectivity index (χ2n) is 7.34. The number of benzene rings is 1. The molecule has 3 heterocycles. The molecule has 2 saturated heterocycles. The zero-order chi connectivity index (χ0) is 20.4. The third-order valence-corrected chi connectivity index (χ3v) is 5.39. The number of nitrogens with one attached hydrogen (secondary N) is 1. The van der Waals surface area contributed by atoms with Crippen molar-refractivity contribution in [2.45, 2.75) is 44.9 Å². The number of ketones is 1. The molecule has 1 aromatic carbocycles. The normalized spacial score (nSPS) is 20.1. The van der Waals surface area contributed by atoms with E-state index < -0.39 is 18.0 Å². The summed E-state index contributed by atoms with van der Waals surface area (Å²) < 4.78 is 10.5. The molecule has 2 fully saturated rings. The van der Waals surface area contributed by atoms with Gasteiger partial charge in [0.25, 0.3) is 5.91 Å². The Kier molecular flexibility index (Phi) is 10.3. The lowest BCUT2D eigenvalue weighted by atomic mass is 9.95. The highest BCUT2D eigenvalue weighted by molar-refractivity contribution is 7.59. The molecule has 2 aliphatic heterocycles. The molecule has 4 rings (SSSR count). The van der Waals surface area contributed by atoms with Crippen LogP contribution in [0.25, 0.3) is 0 Å². The molecular weight excluding hydrogens is 452 g/mol. The van der Waals surface area contributed by atoms with Gasteiger partial charge in [-0.1, -0.05) is 19.6 Å². The zero-order valence-corrected chi connectivity index (χ0v) is 18.7. The Labute approximate surface area is 201 Å². The van der Waals surface area contributed by atoms with Crippen LogP contribution in [0.15, 0.2) is 47.3 Å². The molecule has 0 saturated carbocycles. The van der Waals surface area contributed by atoms with Crippen molar-refractivity contribution in [3.05, 3.63) is 54.0 Å². The van der Waals surface area contributed by atoms with E-state index in [0.717, 1.165) is 18.4 Å². The van der Waals surface area contributed by atoms with Crippen molar-refractivity contribution in [3.63, 3.8) is 0 Å². The maximum absolute atomic E-state index is 13.4. The van der Waals surface area contributed by atoms with E-state index in [1.165, 1.54) is 30.7 Å². The van der Waals surface area contributed by atoms with Crippen LogP contribution < -0.4 is 5.32 Å². The van der Waals surface area contributed by atoms with Gasteiger partial charge < -0.3 is 24.5 Å². The summed E-state index contributed by atoms with van der Waals surface area (Å²) in [6, 6.07) is 6.51. The summed E-state index contributed by atoms with van der Waals surface area (Å²) in [7, 11) is 0. The number of carbonyl (C=O) groups is 3. The van der Waals surface area contributed by atoms with Gasteiger partial charge in [-0.15, -0.1) is 0 Å². The number of fused-ring (bicyclic) bond motifs is 1. The van der Waals surface area contributed by atoms with Crippen LogP contribution in [-0.4, -0.2) is 58.9 Å². The number of rotatable bonds is 5. The quantitative estimate of drug-likeness (QED) is 0.676. The minimum Gasteiger partial charge on any atom is -0.508 e. The molecule has 3 atom stereocenters. The monoisotopic (exact) mass is 482 g/mol. The van der Waals surface area contributed by atoms with Gasteiger partial charge in [-0.2, -0.15) is 27.0 Å².